The Bertz CT molecular complexity index is 877. The highest BCUT2D eigenvalue weighted by Crippen LogP contribution is 2.24. The normalized spacial score (nSPS) is 11.4. The van der Waals surface area contributed by atoms with Crippen LogP contribution < -0.4 is 0 Å². The second-order valence-electron chi connectivity index (χ2n) is 4.93. The van der Waals surface area contributed by atoms with Crippen molar-refractivity contribution in [3.63, 3.8) is 0 Å². The van der Waals surface area contributed by atoms with E-state index < -0.39 is 0 Å². The minimum Gasteiger partial charge on any atom is -0.330 e. The zero-order valence-corrected chi connectivity index (χ0v) is 14.1. The SMILES string of the molecule is CCc1nn(C)cc1Cn1c(=S)[nH]c2cc(F)c(Br)cc21. The van der Waals surface area contributed by atoms with Crippen molar-refractivity contribution in [2.24, 2.45) is 7.05 Å². The maximum absolute atomic E-state index is 13.6. The van der Waals surface area contributed by atoms with Crippen LogP contribution in [0.3, 0.4) is 0 Å². The molecule has 0 fully saturated rings. The van der Waals surface area contributed by atoms with Crippen molar-refractivity contribution in [2.45, 2.75) is 19.9 Å². The summed E-state index contributed by atoms with van der Waals surface area (Å²) < 4.78 is 18.4. The van der Waals surface area contributed by atoms with E-state index in [1.54, 1.807) is 6.07 Å². The van der Waals surface area contributed by atoms with Gasteiger partial charge in [-0.05, 0) is 40.6 Å². The first-order valence-electron chi connectivity index (χ1n) is 6.58. The molecule has 0 bridgehead atoms. The van der Waals surface area contributed by atoms with Gasteiger partial charge in [-0.15, -0.1) is 0 Å². The van der Waals surface area contributed by atoms with Crippen LogP contribution in [0.2, 0.25) is 0 Å². The zero-order valence-electron chi connectivity index (χ0n) is 11.7. The van der Waals surface area contributed by atoms with Gasteiger partial charge >= 0.3 is 0 Å². The predicted molar refractivity (Wildman–Crippen MR) is 86.5 cm³/mol. The quantitative estimate of drug-likeness (QED) is 0.711. The van der Waals surface area contributed by atoms with Crippen molar-refractivity contribution in [2.75, 3.05) is 0 Å². The minimum absolute atomic E-state index is 0.304. The summed E-state index contributed by atoms with van der Waals surface area (Å²) in [5.74, 6) is -0.304. The Hall–Kier alpha value is -1.47. The molecular weight excluding hydrogens is 355 g/mol. The van der Waals surface area contributed by atoms with Crippen LogP contribution in [0.5, 0.6) is 0 Å². The van der Waals surface area contributed by atoms with E-state index in [-0.39, 0.29) is 5.82 Å². The van der Waals surface area contributed by atoms with Crippen LogP contribution in [0.4, 0.5) is 4.39 Å². The molecule has 0 unspecified atom stereocenters. The van der Waals surface area contributed by atoms with Gasteiger partial charge in [-0.2, -0.15) is 5.10 Å². The van der Waals surface area contributed by atoms with Gasteiger partial charge in [0.15, 0.2) is 4.77 Å². The van der Waals surface area contributed by atoms with Crippen molar-refractivity contribution in [3.8, 4) is 0 Å². The molecule has 0 saturated heterocycles. The highest BCUT2D eigenvalue weighted by Gasteiger charge is 2.12. The van der Waals surface area contributed by atoms with Crippen LogP contribution in [-0.2, 0) is 20.0 Å². The molecule has 1 aromatic carbocycles. The molecule has 4 nitrogen and oxygen atoms in total. The number of rotatable bonds is 3. The Labute approximate surface area is 134 Å². The molecule has 0 radical (unpaired) electrons. The lowest BCUT2D eigenvalue weighted by Gasteiger charge is -2.05. The molecule has 0 saturated carbocycles. The molecule has 2 aromatic heterocycles. The van der Waals surface area contributed by atoms with E-state index >= 15 is 0 Å². The fourth-order valence-corrected chi connectivity index (χ4v) is 3.10. The lowest BCUT2D eigenvalue weighted by molar-refractivity contribution is 0.622. The first-order valence-corrected chi connectivity index (χ1v) is 7.78. The highest BCUT2D eigenvalue weighted by molar-refractivity contribution is 9.10. The monoisotopic (exact) mass is 368 g/mol. The predicted octanol–water partition coefficient (Wildman–Crippen LogP) is 3.94. The lowest BCUT2D eigenvalue weighted by Crippen LogP contribution is -2.01. The molecule has 21 heavy (non-hydrogen) atoms. The van der Waals surface area contributed by atoms with E-state index in [0.717, 1.165) is 23.2 Å². The van der Waals surface area contributed by atoms with E-state index in [2.05, 4.69) is 32.9 Å². The molecule has 0 aliphatic heterocycles. The summed E-state index contributed by atoms with van der Waals surface area (Å²) in [7, 11) is 1.91. The Kier molecular flexibility index (Phi) is 3.71. The van der Waals surface area contributed by atoms with E-state index in [4.69, 9.17) is 12.2 Å². The first kappa shape index (κ1) is 14.5. The van der Waals surface area contributed by atoms with Crippen molar-refractivity contribution in [1.82, 2.24) is 19.3 Å². The highest BCUT2D eigenvalue weighted by atomic mass is 79.9. The average molecular weight is 369 g/mol. The second kappa shape index (κ2) is 5.38. The molecule has 3 rings (SSSR count). The molecule has 2 heterocycles. The van der Waals surface area contributed by atoms with Gasteiger partial charge in [-0.25, -0.2) is 4.39 Å². The Balaban J connectivity index is 2.14. The van der Waals surface area contributed by atoms with Gasteiger partial charge in [0.1, 0.15) is 5.82 Å². The maximum Gasteiger partial charge on any atom is 0.178 e. The number of aryl methyl sites for hydroxylation is 2. The Morgan fingerprint density at radius 3 is 2.90 bits per heavy atom. The minimum atomic E-state index is -0.304. The van der Waals surface area contributed by atoms with Crippen LogP contribution in [-0.4, -0.2) is 19.3 Å². The van der Waals surface area contributed by atoms with Crippen molar-refractivity contribution in [3.05, 3.63) is 44.6 Å². The third-order valence-corrected chi connectivity index (χ3v) is 4.40. The van der Waals surface area contributed by atoms with Gasteiger partial charge < -0.3 is 9.55 Å². The van der Waals surface area contributed by atoms with Gasteiger partial charge in [0.05, 0.1) is 27.7 Å². The number of aromatic nitrogens is 4. The maximum atomic E-state index is 13.6. The van der Waals surface area contributed by atoms with E-state index in [1.165, 1.54) is 6.07 Å². The zero-order chi connectivity index (χ0) is 15.1. The number of fused-ring (bicyclic) bond motifs is 1. The molecule has 1 N–H and O–H groups in total. The van der Waals surface area contributed by atoms with Gasteiger partial charge in [0.25, 0.3) is 0 Å². The van der Waals surface area contributed by atoms with Crippen LogP contribution >= 0.6 is 28.1 Å². The molecule has 110 valence electrons. The molecule has 0 aliphatic rings. The van der Waals surface area contributed by atoms with E-state index in [0.29, 0.717) is 21.3 Å². The standard InChI is InChI=1S/C14H14BrFN4S/c1-3-11-8(6-19(2)18-11)7-20-13-4-9(15)10(16)5-12(13)17-14(20)21/h4-6H,3,7H2,1-2H3,(H,17,21). The summed E-state index contributed by atoms with van der Waals surface area (Å²) in [5, 5.41) is 4.44. The molecule has 0 aliphatic carbocycles. The molecule has 0 amide bonds. The van der Waals surface area contributed by atoms with Gasteiger partial charge in [-0.3, -0.25) is 4.68 Å². The molecule has 7 heteroatoms. The first-order chi connectivity index (χ1) is 9.99. The van der Waals surface area contributed by atoms with Gasteiger partial charge in [0, 0.05) is 24.9 Å². The molecule has 3 aromatic rings. The third-order valence-electron chi connectivity index (χ3n) is 3.47. The fraction of sp³-hybridized carbons (Fsp3) is 0.286. The summed E-state index contributed by atoms with van der Waals surface area (Å²) in [4.78, 5) is 3.05. The number of H-pyrrole nitrogens is 1. The number of nitrogens with zero attached hydrogens (tertiary/aromatic N) is 3. The van der Waals surface area contributed by atoms with Crippen LogP contribution in [0, 0.1) is 10.6 Å². The smallest absolute Gasteiger partial charge is 0.178 e. The largest absolute Gasteiger partial charge is 0.330 e. The van der Waals surface area contributed by atoms with Crippen LogP contribution in [0.1, 0.15) is 18.2 Å². The van der Waals surface area contributed by atoms with E-state index in [9.17, 15) is 4.39 Å². The van der Waals surface area contributed by atoms with Crippen molar-refractivity contribution in [1.29, 1.82) is 0 Å². The van der Waals surface area contributed by atoms with Gasteiger partial charge in [0.2, 0.25) is 0 Å². The number of hydrogen-bond acceptors (Lipinski definition) is 2. The summed E-state index contributed by atoms with van der Waals surface area (Å²) in [6.07, 6.45) is 2.86. The summed E-state index contributed by atoms with van der Waals surface area (Å²) in [6.45, 7) is 2.69. The number of hydrogen-bond donors (Lipinski definition) is 1. The van der Waals surface area contributed by atoms with Gasteiger partial charge in [-0.1, -0.05) is 6.92 Å². The average Bonchev–Trinajstić information content (AvgIpc) is 2.93. The number of imidazole rings is 1. The third kappa shape index (κ3) is 2.55. The summed E-state index contributed by atoms with van der Waals surface area (Å²) in [6, 6.07) is 3.20. The summed E-state index contributed by atoms with van der Waals surface area (Å²) >= 11 is 8.59. The van der Waals surface area contributed by atoms with Crippen molar-refractivity contribution < 1.29 is 4.39 Å². The van der Waals surface area contributed by atoms with E-state index in [1.807, 2.05) is 22.5 Å². The Morgan fingerprint density at radius 1 is 1.43 bits per heavy atom. The fourth-order valence-electron chi connectivity index (χ4n) is 2.49. The topological polar surface area (TPSA) is 38.5 Å². The lowest BCUT2D eigenvalue weighted by atomic mass is 10.2. The Morgan fingerprint density at radius 2 is 2.19 bits per heavy atom. The number of benzene rings is 1. The molecular formula is C14H14BrFN4S. The molecule has 0 spiro atoms. The number of halogens is 2. The number of aromatic amines is 1. The van der Waals surface area contributed by atoms with Crippen molar-refractivity contribution >= 4 is 39.2 Å². The molecule has 0 atom stereocenters. The van der Waals surface area contributed by atoms with Crippen LogP contribution in [0.25, 0.3) is 11.0 Å². The summed E-state index contributed by atoms with van der Waals surface area (Å²) in [5.41, 5.74) is 3.74. The second-order valence-corrected chi connectivity index (χ2v) is 6.17. The van der Waals surface area contributed by atoms with Crippen LogP contribution in [0.15, 0.2) is 22.8 Å². The number of nitrogens with one attached hydrogen (secondary N) is 1.